The molecule has 8 unspecified atom stereocenters. The van der Waals surface area contributed by atoms with E-state index in [1.807, 2.05) is 0 Å². The average molecular weight is 1020 g/mol. The van der Waals surface area contributed by atoms with Crippen LogP contribution in [0.3, 0.4) is 0 Å². The van der Waals surface area contributed by atoms with Crippen LogP contribution in [0.5, 0.6) is 0 Å². The Morgan fingerprint density at radius 2 is 0.778 bits per heavy atom. The predicted octanol–water partition coefficient (Wildman–Crippen LogP) is 14.9. The van der Waals surface area contributed by atoms with Gasteiger partial charge in [0.2, 0.25) is 5.91 Å². The number of aliphatic hydroxyl groups is 6. The molecule has 0 aromatic rings. The zero-order valence-corrected chi connectivity index (χ0v) is 47.3. The Kier molecular flexibility index (Phi) is 49.7. The summed E-state index contributed by atoms with van der Waals surface area (Å²) >= 11 is 0. The molecule has 1 fully saturated rings. The van der Waals surface area contributed by atoms with Crippen molar-refractivity contribution in [1.29, 1.82) is 0 Å². The Balaban J connectivity index is 2.16. The summed E-state index contributed by atoms with van der Waals surface area (Å²) < 4.78 is 11.3. The summed E-state index contributed by atoms with van der Waals surface area (Å²) in [7, 11) is 0. The Morgan fingerprint density at radius 1 is 0.458 bits per heavy atom. The number of allylic oxidation sites excluding steroid dienone is 2. The van der Waals surface area contributed by atoms with Gasteiger partial charge in [-0.1, -0.05) is 289 Å². The van der Waals surface area contributed by atoms with E-state index in [1.165, 1.54) is 250 Å². The Morgan fingerprint density at radius 3 is 1.12 bits per heavy atom. The van der Waals surface area contributed by atoms with E-state index in [9.17, 15) is 35.4 Å². The van der Waals surface area contributed by atoms with Crippen LogP contribution in [0.2, 0.25) is 0 Å². The molecule has 0 spiro atoms. The second kappa shape index (κ2) is 52.0. The molecule has 0 aromatic heterocycles. The molecule has 1 rings (SSSR count). The molecule has 72 heavy (non-hydrogen) atoms. The van der Waals surface area contributed by atoms with E-state index in [4.69, 9.17) is 9.47 Å². The number of ether oxygens (including phenoxy) is 2. The topological polar surface area (TPSA) is 169 Å². The van der Waals surface area contributed by atoms with Crippen molar-refractivity contribution in [3.8, 4) is 0 Å². The monoisotopic (exact) mass is 1020 g/mol. The van der Waals surface area contributed by atoms with Crippen molar-refractivity contribution < 1.29 is 44.9 Å². The van der Waals surface area contributed by atoms with Crippen LogP contribution in [0.25, 0.3) is 0 Å². The first-order valence-electron chi connectivity index (χ1n) is 31.5. The summed E-state index contributed by atoms with van der Waals surface area (Å²) in [6.07, 6.45) is 54.3. The summed E-state index contributed by atoms with van der Waals surface area (Å²) in [4.78, 5) is 13.2. The molecule has 0 aliphatic carbocycles. The van der Waals surface area contributed by atoms with Crippen molar-refractivity contribution >= 4 is 5.91 Å². The van der Waals surface area contributed by atoms with E-state index in [-0.39, 0.29) is 6.61 Å². The molecule has 0 aromatic carbocycles. The number of carbonyl (C=O) groups excluding carboxylic acids is 1. The number of amides is 1. The van der Waals surface area contributed by atoms with E-state index in [0.717, 1.165) is 38.5 Å². The van der Waals surface area contributed by atoms with E-state index in [1.54, 1.807) is 0 Å². The van der Waals surface area contributed by atoms with Crippen molar-refractivity contribution in [2.75, 3.05) is 13.2 Å². The molecule has 10 heteroatoms. The second-order valence-electron chi connectivity index (χ2n) is 22.4. The molecule has 1 heterocycles. The van der Waals surface area contributed by atoms with Gasteiger partial charge < -0.3 is 45.4 Å². The van der Waals surface area contributed by atoms with Crippen molar-refractivity contribution in [3.63, 3.8) is 0 Å². The zero-order chi connectivity index (χ0) is 52.4. The molecule has 0 radical (unpaired) electrons. The number of rotatable bonds is 55. The van der Waals surface area contributed by atoms with Gasteiger partial charge in [-0.3, -0.25) is 4.79 Å². The summed E-state index contributed by atoms with van der Waals surface area (Å²) in [6, 6.07) is -0.892. The van der Waals surface area contributed by atoms with Gasteiger partial charge in [-0.2, -0.15) is 0 Å². The highest BCUT2D eigenvalue weighted by Crippen LogP contribution is 2.24. The molecule has 0 bridgehead atoms. The fourth-order valence-corrected chi connectivity index (χ4v) is 10.4. The van der Waals surface area contributed by atoms with Gasteiger partial charge in [-0.25, -0.2) is 0 Å². The molecule has 428 valence electrons. The molecule has 1 aliphatic rings. The fourth-order valence-electron chi connectivity index (χ4n) is 10.4. The normalized spacial score (nSPS) is 19.6. The third kappa shape index (κ3) is 40.2. The SMILES string of the molecule is CCCCCCCCCCCCCC/C=C\CCCCCCCCCCCCCCCCC(O)C(=O)NC(COC1OC(CO)C(O)C(O)C1O)C(O)CCCCCCCCCCCCCCCCCCC. The molecular weight excluding hydrogens is 903 g/mol. The standard InChI is InChI=1S/C62H121NO9/c1-3-5-7-9-11-13-15-17-19-21-22-23-24-25-26-27-28-29-30-31-32-33-35-37-39-41-43-45-47-49-51-56(66)61(70)63-54(53-71-62-60(69)59(68)58(67)57(52-64)72-62)55(65)50-48-46-44-42-40-38-36-34-20-18-16-14-12-10-8-6-4-2/h25-26,54-60,62,64-69H,3-24,27-53H2,1-2H3,(H,63,70)/b26-25-. The first kappa shape index (κ1) is 68.9. The van der Waals surface area contributed by atoms with E-state index < -0.39 is 61.5 Å². The molecule has 10 nitrogen and oxygen atoms in total. The van der Waals surface area contributed by atoms with Gasteiger partial charge in [-0.05, 0) is 38.5 Å². The predicted molar refractivity (Wildman–Crippen MR) is 301 cm³/mol. The molecule has 7 N–H and O–H groups in total. The van der Waals surface area contributed by atoms with Gasteiger partial charge in [-0.15, -0.1) is 0 Å². The van der Waals surface area contributed by atoms with Gasteiger partial charge in [0.15, 0.2) is 6.29 Å². The molecule has 1 aliphatic heterocycles. The summed E-state index contributed by atoms with van der Waals surface area (Å²) in [5, 5.41) is 65.3. The Labute approximate surface area is 444 Å². The van der Waals surface area contributed by atoms with Crippen LogP contribution in [-0.2, 0) is 14.3 Å². The third-order valence-electron chi connectivity index (χ3n) is 15.5. The summed E-state index contributed by atoms with van der Waals surface area (Å²) in [5.41, 5.74) is 0. The van der Waals surface area contributed by atoms with Crippen molar-refractivity contribution in [1.82, 2.24) is 5.32 Å². The van der Waals surface area contributed by atoms with E-state index in [2.05, 4.69) is 31.3 Å². The highest BCUT2D eigenvalue weighted by molar-refractivity contribution is 5.80. The lowest BCUT2D eigenvalue weighted by Gasteiger charge is -2.40. The number of hydrogen-bond donors (Lipinski definition) is 7. The van der Waals surface area contributed by atoms with Gasteiger partial charge in [0.25, 0.3) is 0 Å². The van der Waals surface area contributed by atoms with Gasteiger partial charge in [0, 0.05) is 0 Å². The fraction of sp³-hybridized carbons (Fsp3) is 0.952. The quantitative estimate of drug-likeness (QED) is 0.0232. The van der Waals surface area contributed by atoms with Crippen LogP contribution < -0.4 is 5.32 Å². The van der Waals surface area contributed by atoms with Gasteiger partial charge in [0.1, 0.15) is 30.5 Å². The average Bonchev–Trinajstić information content (AvgIpc) is 3.38. The number of aliphatic hydroxyl groups excluding tert-OH is 6. The summed E-state index contributed by atoms with van der Waals surface area (Å²) in [5.74, 6) is -0.577. The van der Waals surface area contributed by atoms with E-state index in [0.29, 0.717) is 12.8 Å². The van der Waals surface area contributed by atoms with Crippen LogP contribution >= 0.6 is 0 Å². The first-order valence-corrected chi connectivity index (χ1v) is 31.5. The lowest BCUT2D eigenvalue weighted by atomic mass is 9.99. The van der Waals surface area contributed by atoms with Crippen molar-refractivity contribution in [3.05, 3.63) is 12.2 Å². The maximum atomic E-state index is 13.2. The highest BCUT2D eigenvalue weighted by Gasteiger charge is 2.44. The lowest BCUT2D eigenvalue weighted by molar-refractivity contribution is -0.302. The minimum Gasteiger partial charge on any atom is -0.394 e. The van der Waals surface area contributed by atoms with Crippen LogP contribution in [-0.4, -0.2) is 98.7 Å². The minimum atomic E-state index is -1.60. The largest absolute Gasteiger partial charge is 0.394 e. The van der Waals surface area contributed by atoms with Crippen molar-refractivity contribution in [2.45, 2.75) is 365 Å². The third-order valence-corrected chi connectivity index (χ3v) is 15.5. The van der Waals surface area contributed by atoms with Gasteiger partial charge in [0.05, 0.1) is 25.4 Å². The molecule has 0 saturated carbocycles. The molecule has 1 saturated heterocycles. The first-order chi connectivity index (χ1) is 35.3. The van der Waals surface area contributed by atoms with E-state index >= 15 is 0 Å². The molecule has 1 amide bonds. The number of unbranched alkanes of at least 4 members (excludes halogenated alkanes) is 42. The van der Waals surface area contributed by atoms with Crippen molar-refractivity contribution in [2.24, 2.45) is 0 Å². The maximum absolute atomic E-state index is 13.2. The van der Waals surface area contributed by atoms with Crippen LogP contribution in [0.1, 0.15) is 316 Å². The van der Waals surface area contributed by atoms with Crippen LogP contribution in [0.4, 0.5) is 0 Å². The smallest absolute Gasteiger partial charge is 0.249 e. The van der Waals surface area contributed by atoms with Gasteiger partial charge >= 0.3 is 0 Å². The minimum absolute atomic E-state index is 0.251. The Bertz CT molecular complexity index is 1160. The number of nitrogens with one attached hydrogen (secondary N) is 1. The zero-order valence-electron chi connectivity index (χ0n) is 47.3. The number of carbonyl (C=O) groups is 1. The molecular formula is C62H121NO9. The van der Waals surface area contributed by atoms with Crippen LogP contribution in [0, 0.1) is 0 Å². The maximum Gasteiger partial charge on any atom is 0.249 e. The molecule has 8 atom stereocenters. The Hall–Kier alpha value is -1.11. The number of hydrogen-bond acceptors (Lipinski definition) is 9. The summed E-state index contributed by atoms with van der Waals surface area (Å²) in [6.45, 7) is 3.72. The van der Waals surface area contributed by atoms with Crippen LogP contribution in [0.15, 0.2) is 12.2 Å². The lowest BCUT2D eigenvalue weighted by Crippen LogP contribution is -2.60. The second-order valence-corrected chi connectivity index (χ2v) is 22.4. The highest BCUT2D eigenvalue weighted by atomic mass is 16.7.